The molecule has 3 heterocycles. The van der Waals surface area contributed by atoms with Crippen molar-refractivity contribution in [3.63, 3.8) is 0 Å². The molecule has 6 nitrogen and oxygen atoms in total. The fraction of sp³-hybridized carbons (Fsp3) is 0.474. The normalized spacial score (nSPS) is 19.8. The summed E-state index contributed by atoms with van der Waals surface area (Å²) < 4.78 is 5.72. The molecule has 0 radical (unpaired) electrons. The Morgan fingerprint density at radius 1 is 1.08 bits per heavy atom. The lowest BCUT2D eigenvalue weighted by atomic mass is 9.80. The summed E-state index contributed by atoms with van der Waals surface area (Å²) in [5.74, 6) is 0.546. The number of pyridine rings is 1. The predicted molar refractivity (Wildman–Crippen MR) is 92.9 cm³/mol. The van der Waals surface area contributed by atoms with Crippen LogP contribution in [0.2, 0.25) is 0 Å². The molecule has 1 saturated heterocycles. The third kappa shape index (κ3) is 3.14. The molecular weight excluding hydrogens is 316 g/mol. The third-order valence-electron chi connectivity index (χ3n) is 5.22. The van der Waals surface area contributed by atoms with Gasteiger partial charge in [0.1, 0.15) is 5.69 Å². The highest BCUT2D eigenvalue weighted by Gasteiger charge is 2.43. The molecule has 1 spiro atoms. The Morgan fingerprint density at radius 2 is 1.88 bits per heavy atom. The second-order valence-corrected chi connectivity index (χ2v) is 6.80. The summed E-state index contributed by atoms with van der Waals surface area (Å²) in [6.45, 7) is 1.88. The Morgan fingerprint density at radius 3 is 2.60 bits per heavy atom. The van der Waals surface area contributed by atoms with Crippen LogP contribution in [-0.4, -0.2) is 51.1 Å². The van der Waals surface area contributed by atoms with Crippen LogP contribution in [0.25, 0.3) is 11.5 Å². The van der Waals surface area contributed by atoms with Gasteiger partial charge in [-0.25, -0.2) is 9.97 Å². The van der Waals surface area contributed by atoms with E-state index in [1.807, 2.05) is 23.1 Å². The number of morpholine rings is 1. The van der Waals surface area contributed by atoms with E-state index in [9.17, 15) is 4.79 Å². The zero-order chi connectivity index (χ0) is 17.1. The van der Waals surface area contributed by atoms with Crippen LogP contribution in [0.4, 0.5) is 0 Å². The SMILES string of the molecule is O=C(c1cnc(-c2ccccn2)nc1)N1CCOCC12CCCCC2. The van der Waals surface area contributed by atoms with Crippen molar-refractivity contribution in [1.82, 2.24) is 19.9 Å². The minimum atomic E-state index is -0.146. The minimum Gasteiger partial charge on any atom is -0.377 e. The number of ether oxygens (including phenoxy) is 1. The van der Waals surface area contributed by atoms with E-state index in [0.717, 1.165) is 25.7 Å². The Labute approximate surface area is 147 Å². The van der Waals surface area contributed by atoms with Gasteiger partial charge < -0.3 is 9.64 Å². The first-order valence-electron chi connectivity index (χ1n) is 8.92. The molecule has 130 valence electrons. The molecule has 25 heavy (non-hydrogen) atoms. The van der Waals surface area contributed by atoms with Gasteiger partial charge in [-0.2, -0.15) is 0 Å². The molecule has 0 unspecified atom stereocenters. The monoisotopic (exact) mass is 338 g/mol. The van der Waals surface area contributed by atoms with Crippen molar-refractivity contribution in [3.8, 4) is 11.5 Å². The number of rotatable bonds is 2. The van der Waals surface area contributed by atoms with E-state index in [2.05, 4.69) is 15.0 Å². The lowest BCUT2D eigenvalue weighted by molar-refractivity contribution is -0.0682. The van der Waals surface area contributed by atoms with E-state index in [1.54, 1.807) is 18.6 Å². The molecule has 2 fully saturated rings. The first kappa shape index (κ1) is 16.1. The molecule has 0 atom stereocenters. The molecule has 4 rings (SSSR count). The van der Waals surface area contributed by atoms with E-state index in [4.69, 9.17) is 4.74 Å². The van der Waals surface area contributed by atoms with Crippen LogP contribution in [0, 0.1) is 0 Å². The molecule has 2 aromatic rings. The summed E-state index contributed by atoms with van der Waals surface area (Å²) >= 11 is 0. The predicted octanol–water partition coefficient (Wildman–Crippen LogP) is 2.71. The van der Waals surface area contributed by atoms with Crippen molar-refractivity contribution < 1.29 is 9.53 Å². The molecule has 6 heteroatoms. The molecule has 0 bridgehead atoms. The Kier molecular flexibility index (Phi) is 4.44. The summed E-state index contributed by atoms with van der Waals surface area (Å²) in [7, 11) is 0. The lowest BCUT2D eigenvalue weighted by Crippen LogP contribution is -2.59. The van der Waals surface area contributed by atoms with Gasteiger partial charge in [-0.05, 0) is 25.0 Å². The van der Waals surface area contributed by atoms with Crippen molar-refractivity contribution in [2.45, 2.75) is 37.6 Å². The molecule has 1 saturated carbocycles. The summed E-state index contributed by atoms with van der Waals surface area (Å²) in [6, 6.07) is 5.60. The van der Waals surface area contributed by atoms with E-state index >= 15 is 0 Å². The number of hydrogen-bond acceptors (Lipinski definition) is 5. The van der Waals surface area contributed by atoms with Crippen LogP contribution in [-0.2, 0) is 4.74 Å². The maximum Gasteiger partial charge on any atom is 0.257 e. The van der Waals surface area contributed by atoms with Crippen molar-refractivity contribution in [2.24, 2.45) is 0 Å². The topological polar surface area (TPSA) is 68.2 Å². The van der Waals surface area contributed by atoms with Gasteiger partial charge in [0.15, 0.2) is 5.82 Å². The van der Waals surface area contributed by atoms with Crippen LogP contribution in [0.15, 0.2) is 36.8 Å². The van der Waals surface area contributed by atoms with E-state index in [0.29, 0.717) is 36.8 Å². The summed E-state index contributed by atoms with van der Waals surface area (Å²) in [6.07, 6.45) is 10.5. The smallest absolute Gasteiger partial charge is 0.257 e. The van der Waals surface area contributed by atoms with Gasteiger partial charge >= 0.3 is 0 Å². The highest BCUT2D eigenvalue weighted by atomic mass is 16.5. The molecule has 0 aromatic carbocycles. The second-order valence-electron chi connectivity index (χ2n) is 6.80. The van der Waals surface area contributed by atoms with Crippen molar-refractivity contribution in [2.75, 3.05) is 19.8 Å². The largest absolute Gasteiger partial charge is 0.377 e. The average molecular weight is 338 g/mol. The average Bonchev–Trinajstić information content (AvgIpc) is 2.69. The molecule has 1 aliphatic carbocycles. The van der Waals surface area contributed by atoms with Gasteiger partial charge in [0.2, 0.25) is 0 Å². The molecule has 0 N–H and O–H groups in total. The van der Waals surface area contributed by atoms with Crippen LogP contribution in [0.5, 0.6) is 0 Å². The standard InChI is InChI=1S/C19H22N4O2/c24-18(23-10-11-25-14-19(23)7-3-1-4-8-19)15-12-21-17(22-13-15)16-6-2-5-9-20-16/h2,5-6,9,12-13H,1,3-4,7-8,10-11,14H2. The Hall–Kier alpha value is -2.34. The first-order valence-corrected chi connectivity index (χ1v) is 8.92. The van der Waals surface area contributed by atoms with E-state index in [1.165, 1.54) is 6.42 Å². The fourth-order valence-electron chi connectivity index (χ4n) is 3.90. The van der Waals surface area contributed by atoms with Gasteiger partial charge in [-0.3, -0.25) is 9.78 Å². The zero-order valence-corrected chi connectivity index (χ0v) is 14.2. The maximum absolute atomic E-state index is 13.1. The molecular formula is C19H22N4O2. The minimum absolute atomic E-state index is 0.0118. The van der Waals surface area contributed by atoms with Gasteiger partial charge in [0.05, 0.1) is 24.3 Å². The fourth-order valence-corrected chi connectivity index (χ4v) is 3.90. The van der Waals surface area contributed by atoms with Gasteiger partial charge in [0.25, 0.3) is 5.91 Å². The van der Waals surface area contributed by atoms with Crippen molar-refractivity contribution >= 4 is 5.91 Å². The van der Waals surface area contributed by atoms with Crippen LogP contribution in [0.1, 0.15) is 42.5 Å². The van der Waals surface area contributed by atoms with E-state index in [-0.39, 0.29) is 11.4 Å². The Bertz CT molecular complexity index is 719. The summed E-state index contributed by atoms with van der Waals surface area (Å²) in [5.41, 5.74) is 1.09. The first-order chi connectivity index (χ1) is 12.3. The van der Waals surface area contributed by atoms with Crippen LogP contribution in [0.3, 0.4) is 0 Å². The molecule has 2 aliphatic rings. The molecule has 2 aromatic heterocycles. The van der Waals surface area contributed by atoms with Crippen LogP contribution >= 0.6 is 0 Å². The number of carbonyl (C=O) groups excluding carboxylic acids is 1. The summed E-state index contributed by atoms with van der Waals surface area (Å²) in [5, 5.41) is 0. The quantitative estimate of drug-likeness (QED) is 0.842. The number of nitrogens with zero attached hydrogens (tertiary/aromatic N) is 4. The van der Waals surface area contributed by atoms with Crippen LogP contribution < -0.4 is 0 Å². The third-order valence-corrected chi connectivity index (χ3v) is 5.22. The highest BCUT2D eigenvalue weighted by molar-refractivity contribution is 5.94. The highest BCUT2D eigenvalue weighted by Crippen LogP contribution is 2.36. The van der Waals surface area contributed by atoms with Gasteiger partial charge in [-0.15, -0.1) is 0 Å². The second kappa shape index (κ2) is 6.88. The number of aromatic nitrogens is 3. The van der Waals surface area contributed by atoms with E-state index < -0.39 is 0 Å². The van der Waals surface area contributed by atoms with Gasteiger partial charge in [-0.1, -0.05) is 25.3 Å². The lowest BCUT2D eigenvalue weighted by Gasteiger charge is -2.49. The number of carbonyl (C=O) groups is 1. The zero-order valence-electron chi connectivity index (χ0n) is 14.2. The Balaban J connectivity index is 1.57. The number of hydrogen-bond donors (Lipinski definition) is 0. The molecule has 1 amide bonds. The van der Waals surface area contributed by atoms with Crippen molar-refractivity contribution in [1.29, 1.82) is 0 Å². The summed E-state index contributed by atoms with van der Waals surface area (Å²) in [4.78, 5) is 28.0. The number of amides is 1. The maximum atomic E-state index is 13.1. The molecule has 1 aliphatic heterocycles. The van der Waals surface area contributed by atoms with Gasteiger partial charge in [0, 0.05) is 25.1 Å². The van der Waals surface area contributed by atoms with Crippen molar-refractivity contribution in [3.05, 3.63) is 42.4 Å².